The fourth-order valence-corrected chi connectivity index (χ4v) is 2.58. The maximum atomic E-state index is 12.0. The van der Waals surface area contributed by atoms with E-state index < -0.39 is 0 Å². The fourth-order valence-electron chi connectivity index (χ4n) is 2.58. The first-order chi connectivity index (χ1) is 9.24. The van der Waals surface area contributed by atoms with Crippen LogP contribution >= 0.6 is 0 Å². The number of aromatic nitrogens is 2. The van der Waals surface area contributed by atoms with Crippen LogP contribution in [0.5, 0.6) is 0 Å². The molecule has 0 unspecified atom stereocenters. The van der Waals surface area contributed by atoms with Crippen LogP contribution in [-0.2, 0) is 4.79 Å². The van der Waals surface area contributed by atoms with E-state index in [1.807, 2.05) is 11.8 Å². The second-order valence-electron chi connectivity index (χ2n) is 5.48. The van der Waals surface area contributed by atoms with Crippen molar-refractivity contribution in [2.45, 2.75) is 26.2 Å². The predicted molar refractivity (Wildman–Crippen MR) is 72.9 cm³/mol. The molecule has 1 aromatic heterocycles. The van der Waals surface area contributed by atoms with Gasteiger partial charge in [0.25, 0.3) is 0 Å². The number of hydrogen-bond donors (Lipinski definition) is 0. The Hall–Kier alpha value is -1.65. The molecule has 0 bridgehead atoms. The van der Waals surface area contributed by atoms with Crippen molar-refractivity contribution in [3.63, 3.8) is 0 Å². The van der Waals surface area contributed by atoms with Crippen molar-refractivity contribution in [1.29, 1.82) is 0 Å². The van der Waals surface area contributed by atoms with Gasteiger partial charge >= 0.3 is 0 Å². The van der Waals surface area contributed by atoms with Gasteiger partial charge in [0.2, 0.25) is 5.91 Å². The SMILES string of the molecule is Cc1nccnc1N1CCN(C(=O)CC2CC2)CC1. The molecule has 1 amide bonds. The highest BCUT2D eigenvalue weighted by molar-refractivity contribution is 5.77. The fraction of sp³-hybridized carbons (Fsp3) is 0.643. The lowest BCUT2D eigenvalue weighted by Gasteiger charge is -2.35. The van der Waals surface area contributed by atoms with Crippen molar-refractivity contribution in [3.8, 4) is 0 Å². The van der Waals surface area contributed by atoms with Crippen LogP contribution < -0.4 is 4.90 Å². The molecular weight excluding hydrogens is 240 g/mol. The third-order valence-electron chi connectivity index (χ3n) is 3.95. The maximum absolute atomic E-state index is 12.0. The Morgan fingerprint density at radius 1 is 1.21 bits per heavy atom. The van der Waals surface area contributed by atoms with Gasteiger partial charge in [-0.1, -0.05) is 0 Å². The third-order valence-corrected chi connectivity index (χ3v) is 3.95. The number of carbonyl (C=O) groups excluding carboxylic acids is 1. The van der Waals surface area contributed by atoms with Crippen molar-refractivity contribution in [1.82, 2.24) is 14.9 Å². The van der Waals surface area contributed by atoms with Crippen LogP contribution in [0.4, 0.5) is 5.82 Å². The van der Waals surface area contributed by atoms with Crippen molar-refractivity contribution in [2.24, 2.45) is 5.92 Å². The van der Waals surface area contributed by atoms with Gasteiger partial charge in [0.05, 0.1) is 5.69 Å². The van der Waals surface area contributed by atoms with Gasteiger partial charge in [0.15, 0.2) is 0 Å². The van der Waals surface area contributed by atoms with Crippen LogP contribution in [0, 0.1) is 12.8 Å². The first-order valence-corrected chi connectivity index (χ1v) is 7.04. The van der Waals surface area contributed by atoms with E-state index in [9.17, 15) is 4.79 Å². The van der Waals surface area contributed by atoms with Gasteiger partial charge in [0, 0.05) is 45.0 Å². The van der Waals surface area contributed by atoms with Crippen LogP contribution in [0.15, 0.2) is 12.4 Å². The van der Waals surface area contributed by atoms with E-state index in [0.29, 0.717) is 11.8 Å². The molecule has 0 aromatic carbocycles. The predicted octanol–water partition coefficient (Wildman–Crippen LogP) is 1.23. The standard InChI is InChI=1S/C14H20N4O/c1-11-14(16-5-4-15-11)18-8-6-17(7-9-18)13(19)10-12-2-3-12/h4-5,12H,2-3,6-10H2,1H3. The average Bonchev–Trinajstić information content (AvgIpc) is 3.23. The number of carbonyl (C=O) groups is 1. The van der Waals surface area contributed by atoms with Gasteiger partial charge < -0.3 is 9.80 Å². The zero-order valence-corrected chi connectivity index (χ0v) is 11.4. The third kappa shape index (κ3) is 2.85. The second-order valence-corrected chi connectivity index (χ2v) is 5.48. The Morgan fingerprint density at radius 3 is 2.53 bits per heavy atom. The monoisotopic (exact) mass is 260 g/mol. The molecule has 0 radical (unpaired) electrons. The summed E-state index contributed by atoms with van der Waals surface area (Å²) in [6.45, 7) is 5.31. The van der Waals surface area contributed by atoms with Crippen LogP contribution in [0.25, 0.3) is 0 Å². The Morgan fingerprint density at radius 2 is 1.89 bits per heavy atom. The largest absolute Gasteiger partial charge is 0.352 e. The smallest absolute Gasteiger partial charge is 0.222 e. The average molecular weight is 260 g/mol. The summed E-state index contributed by atoms with van der Waals surface area (Å²) >= 11 is 0. The summed E-state index contributed by atoms with van der Waals surface area (Å²) in [6.07, 6.45) is 6.68. The minimum absolute atomic E-state index is 0.331. The molecule has 1 aromatic rings. The Kier molecular flexibility index (Phi) is 3.36. The van der Waals surface area contributed by atoms with E-state index in [2.05, 4.69) is 14.9 Å². The normalized spacial score (nSPS) is 19.6. The Labute approximate surface area is 113 Å². The molecule has 5 heteroatoms. The van der Waals surface area contributed by atoms with Crippen molar-refractivity contribution in [2.75, 3.05) is 31.1 Å². The maximum Gasteiger partial charge on any atom is 0.222 e. The molecule has 1 saturated carbocycles. The molecule has 5 nitrogen and oxygen atoms in total. The van der Waals surface area contributed by atoms with Crippen LogP contribution in [0.1, 0.15) is 25.0 Å². The molecule has 1 aliphatic heterocycles. The zero-order valence-electron chi connectivity index (χ0n) is 11.4. The van der Waals surface area contributed by atoms with Crippen LogP contribution in [0.3, 0.4) is 0 Å². The zero-order chi connectivity index (χ0) is 13.2. The van der Waals surface area contributed by atoms with Crippen LogP contribution in [-0.4, -0.2) is 47.0 Å². The molecule has 2 aliphatic rings. The first kappa shape index (κ1) is 12.4. The minimum atomic E-state index is 0.331. The quantitative estimate of drug-likeness (QED) is 0.820. The van der Waals surface area contributed by atoms with Crippen molar-refractivity contribution in [3.05, 3.63) is 18.1 Å². The molecule has 102 valence electrons. The Bertz CT molecular complexity index is 464. The number of aryl methyl sites for hydroxylation is 1. The van der Waals surface area contributed by atoms with Gasteiger partial charge in [-0.05, 0) is 25.7 Å². The van der Waals surface area contributed by atoms with E-state index in [1.165, 1.54) is 12.8 Å². The molecule has 0 N–H and O–H groups in total. The number of piperazine rings is 1. The summed E-state index contributed by atoms with van der Waals surface area (Å²) in [5.41, 5.74) is 0.959. The molecule has 1 aliphatic carbocycles. The summed E-state index contributed by atoms with van der Waals surface area (Å²) in [5.74, 6) is 1.96. The molecule has 3 rings (SSSR count). The summed E-state index contributed by atoms with van der Waals surface area (Å²) in [4.78, 5) is 24.9. The van der Waals surface area contributed by atoms with Crippen molar-refractivity contribution < 1.29 is 4.79 Å². The number of rotatable bonds is 3. The lowest BCUT2D eigenvalue weighted by molar-refractivity contribution is -0.131. The van der Waals surface area contributed by atoms with Gasteiger partial charge in [0.1, 0.15) is 5.82 Å². The van der Waals surface area contributed by atoms with E-state index >= 15 is 0 Å². The van der Waals surface area contributed by atoms with Gasteiger partial charge in [-0.25, -0.2) is 4.98 Å². The summed E-state index contributed by atoms with van der Waals surface area (Å²) in [6, 6.07) is 0. The number of anilines is 1. The lowest BCUT2D eigenvalue weighted by atomic mass is 10.2. The molecule has 1 saturated heterocycles. The van der Waals surface area contributed by atoms with E-state index in [0.717, 1.165) is 44.1 Å². The summed E-state index contributed by atoms with van der Waals surface area (Å²) in [5, 5.41) is 0. The molecule has 2 fully saturated rings. The molecule has 2 heterocycles. The van der Waals surface area contributed by atoms with Gasteiger partial charge in [-0.15, -0.1) is 0 Å². The first-order valence-electron chi connectivity index (χ1n) is 7.04. The highest BCUT2D eigenvalue weighted by atomic mass is 16.2. The van der Waals surface area contributed by atoms with E-state index in [4.69, 9.17) is 0 Å². The Balaban J connectivity index is 1.57. The summed E-state index contributed by atoms with van der Waals surface area (Å²) in [7, 11) is 0. The van der Waals surface area contributed by atoms with Crippen molar-refractivity contribution >= 4 is 11.7 Å². The molecular formula is C14H20N4O. The molecule has 0 spiro atoms. The number of amides is 1. The van der Waals surface area contributed by atoms with Crippen LogP contribution in [0.2, 0.25) is 0 Å². The summed E-state index contributed by atoms with van der Waals surface area (Å²) < 4.78 is 0. The molecule has 19 heavy (non-hydrogen) atoms. The van der Waals surface area contributed by atoms with Gasteiger partial charge in [-0.2, -0.15) is 0 Å². The van der Waals surface area contributed by atoms with Gasteiger partial charge in [-0.3, -0.25) is 9.78 Å². The lowest BCUT2D eigenvalue weighted by Crippen LogP contribution is -2.49. The minimum Gasteiger partial charge on any atom is -0.352 e. The number of nitrogens with zero attached hydrogens (tertiary/aromatic N) is 4. The molecule has 0 atom stereocenters. The number of hydrogen-bond acceptors (Lipinski definition) is 4. The second kappa shape index (κ2) is 5.15. The topological polar surface area (TPSA) is 49.3 Å². The van der Waals surface area contributed by atoms with E-state index in [1.54, 1.807) is 12.4 Å². The highest BCUT2D eigenvalue weighted by Crippen LogP contribution is 2.33. The van der Waals surface area contributed by atoms with E-state index in [-0.39, 0.29) is 0 Å². The highest BCUT2D eigenvalue weighted by Gasteiger charge is 2.29.